The van der Waals surface area contributed by atoms with E-state index in [4.69, 9.17) is 21.1 Å². The summed E-state index contributed by atoms with van der Waals surface area (Å²) < 4.78 is 10.8. The molecular weight excluding hydrogens is 266 g/mol. The molecule has 19 heavy (non-hydrogen) atoms. The molecule has 2 unspecified atom stereocenters. The maximum atomic E-state index is 9.89. The summed E-state index contributed by atoms with van der Waals surface area (Å²) in [7, 11) is 0. The minimum Gasteiger partial charge on any atom is -0.491 e. The van der Waals surface area contributed by atoms with Crippen LogP contribution in [0.25, 0.3) is 0 Å². The van der Waals surface area contributed by atoms with Crippen LogP contribution in [0.15, 0.2) is 24.3 Å². The molecule has 1 aromatic carbocycles. The molecule has 0 spiro atoms. The number of hydrogen-bond acceptors (Lipinski definition) is 4. The number of benzene rings is 1. The highest BCUT2D eigenvalue weighted by Gasteiger charge is 2.29. The van der Waals surface area contributed by atoms with Crippen LogP contribution in [-0.2, 0) is 4.74 Å². The lowest BCUT2D eigenvalue weighted by Gasteiger charge is -2.25. The Morgan fingerprint density at radius 3 is 3.11 bits per heavy atom. The third-order valence-electron chi connectivity index (χ3n) is 3.22. The van der Waals surface area contributed by atoms with Crippen molar-refractivity contribution in [2.75, 3.05) is 26.4 Å². The van der Waals surface area contributed by atoms with Gasteiger partial charge in [-0.1, -0.05) is 17.7 Å². The topological polar surface area (TPSA) is 50.7 Å². The van der Waals surface area contributed by atoms with Crippen LogP contribution in [0.5, 0.6) is 5.75 Å². The minimum absolute atomic E-state index is 0.0307. The number of rotatable bonds is 6. The number of ether oxygens (including phenoxy) is 2. The molecule has 1 aliphatic rings. The smallest absolute Gasteiger partial charge is 0.120 e. The van der Waals surface area contributed by atoms with Crippen LogP contribution in [0.4, 0.5) is 0 Å². The van der Waals surface area contributed by atoms with Gasteiger partial charge < -0.3 is 19.9 Å². The molecule has 0 amide bonds. The van der Waals surface area contributed by atoms with Crippen LogP contribution in [0.1, 0.15) is 13.3 Å². The number of nitrogens with one attached hydrogen (secondary N) is 1. The fourth-order valence-electron chi connectivity index (χ4n) is 1.98. The van der Waals surface area contributed by atoms with Crippen LogP contribution in [0.3, 0.4) is 0 Å². The first-order valence-corrected chi connectivity index (χ1v) is 6.84. The molecule has 5 heteroatoms. The zero-order valence-corrected chi connectivity index (χ0v) is 11.8. The molecule has 106 valence electrons. The van der Waals surface area contributed by atoms with Crippen LogP contribution in [0, 0.1) is 0 Å². The van der Waals surface area contributed by atoms with E-state index in [1.807, 2.05) is 12.1 Å². The Kier molecular flexibility index (Phi) is 5.05. The van der Waals surface area contributed by atoms with Crippen molar-refractivity contribution in [3.8, 4) is 5.75 Å². The van der Waals surface area contributed by atoms with Gasteiger partial charge >= 0.3 is 0 Å². The lowest BCUT2D eigenvalue weighted by atomic mass is 10.0. The summed E-state index contributed by atoms with van der Waals surface area (Å²) in [5.74, 6) is 0.668. The van der Waals surface area contributed by atoms with E-state index in [-0.39, 0.29) is 12.1 Å². The first-order valence-electron chi connectivity index (χ1n) is 6.47. The second-order valence-electron chi connectivity index (χ2n) is 5.17. The Balaban J connectivity index is 1.71. The van der Waals surface area contributed by atoms with Gasteiger partial charge in [0.15, 0.2) is 0 Å². The Labute approximate surface area is 118 Å². The van der Waals surface area contributed by atoms with E-state index in [1.54, 1.807) is 12.1 Å². The summed E-state index contributed by atoms with van der Waals surface area (Å²) in [5.41, 5.74) is -0.0307. The first-order chi connectivity index (χ1) is 9.07. The maximum absolute atomic E-state index is 9.89. The van der Waals surface area contributed by atoms with Gasteiger partial charge in [0.05, 0.1) is 6.61 Å². The van der Waals surface area contributed by atoms with Gasteiger partial charge in [-0.2, -0.15) is 0 Å². The predicted octanol–water partition coefficient (Wildman–Crippen LogP) is 1.85. The van der Waals surface area contributed by atoms with Crippen molar-refractivity contribution in [1.82, 2.24) is 5.32 Å². The predicted molar refractivity (Wildman–Crippen MR) is 74.8 cm³/mol. The highest BCUT2D eigenvalue weighted by atomic mass is 35.5. The van der Waals surface area contributed by atoms with E-state index >= 15 is 0 Å². The van der Waals surface area contributed by atoms with Crippen LogP contribution < -0.4 is 10.1 Å². The maximum Gasteiger partial charge on any atom is 0.120 e. The fourth-order valence-corrected chi connectivity index (χ4v) is 2.16. The molecule has 4 nitrogen and oxygen atoms in total. The Bertz CT molecular complexity index is 407. The average Bonchev–Trinajstić information content (AvgIpc) is 2.82. The monoisotopic (exact) mass is 285 g/mol. The lowest BCUT2D eigenvalue weighted by Crippen LogP contribution is -2.47. The molecule has 2 atom stereocenters. The molecule has 1 saturated heterocycles. The normalized spacial score (nSPS) is 24.4. The van der Waals surface area contributed by atoms with Gasteiger partial charge in [0.25, 0.3) is 0 Å². The lowest BCUT2D eigenvalue weighted by molar-refractivity contribution is 0.0944. The number of hydrogen-bond donors (Lipinski definition) is 2. The molecular formula is C14H20ClNO3. The van der Waals surface area contributed by atoms with Gasteiger partial charge in [-0.25, -0.2) is 0 Å². The molecule has 1 aromatic rings. The molecule has 1 heterocycles. The summed E-state index contributed by atoms with van der Waals surface area (Å²) in [6.07, 6.45) is 0.408. The third-order valence-corrected chi connectivity index (χ3v) is 3.46. The van der Waals surface area contributed by atoms with Crippen LogP contribution in [-0.4, -0.2) is 43.1 Å². The van der Waals surface area contributed by atoms with Gasteiger partial charge in [0.1, 0.15) is 18.5 Å². The summed E-state index contributed by atoms with van der Waals surface area (Å²) in [4.78, 5) is 0. The van der Waals surface area contributed by atoms with E-state index in [1.165, 1.54) is 0 Å². The van der Waals surface area contributed by atoms with Gasteiger partial charge in [-0.15, -0.1) is 0 Å². The summed E-state index contributed by atoms with van der Waals surface area (Å²) >= 11 is 5.86. The summed E-state index contributed by atoms with van der Waals surface area (Å²) in [6, 6.07) is 7.15. The molecule has 0 aromatic heterocycles. The van der Waals surface area contributed by atoms with Crippen LogP contribution >= 0.6 is 11.6 Å². The standard InChI is InChI=1S/C14H20ClNO3/c1-14(5-6-18-10-14)16-8-12(17)9-19-13-4-2-3-11(15)7-13/h2-4,7,12,16-17H,5-6,8-10H2,1H3. The fraction of sp³-hybridized carbons (Fsp3) is 0.571. The number of β-amino-alcohol motifs (C(OH)–C–C–N with tert-alkyl or cyclic N) is 1. The van der Waals surface area contributed by atoms with Crippen molar-refractivity contribution in [2.24, 2.45) is 0 Å². The molecule has 0 bridgehead atoms. The highest BCUT2D eigenvalue weighted by molar-refractivity contribution is 6.30. The van der Waals surface area contributed by atoms with Crippen molar-refractivity contribution in [3.05, 3.63) is 29.3 Å². The number of halogens is 1. The number of aliphatic hydroxyl groups is 1. The van der Waals surface area contributed by atoms with E-state index in [9.17, 15) is 5.11 Å². The van der Waals surface area contributed by atoms with Gasteiger partial charge in [0, 0.05) is 23.7 Å². The van der Waals surface area contributed by atoms with Crippen molar-refractivity contribution in [1.29, 1.82) is 0 Å². The SMILES string of the molecule is CC1(NCC(O)COc2cccc(Cl)c2)CCOC1. The first kappa shape index (κ1) is 14.6. The van der Waals surface area contributed by atoms with Crippen molar-refractivity contribution in [2.45, 2.75) is 25.0 Å². The van der Waals surface area contributed by atoms with Crippen molar-refractivity contribution >= 4 is 11.6 Å². The second-order valence-corrected chi connectivity index (χ2v) is 5.60. The zero-order valence-electron chi connectivity index (χ0n) is 11.1. The van der Waals surface area contributed by atoms with Gasteiger partial charge in [0.2, 0.25) is 0 Å². The Morgan fingerprint density at radius 1 is 1.58 bits per heavy atom. The largest absolute Gasteiger partial charge is 0.491 e. The van der Waals surface area contributed by atoms with E-state index in [2.05, 4.69) is 12.2 Å². The van der Waals surface area contributed by atoms with Gasteiger partial charge in [-0.3, -0.25) is 0 Å². The van der Waals surface area contributed by atoms with Gasteiger partial charge in [-0.05, 0) is 31.5 Å². The highest BCUT2D eigenvalue weighted by Crippen LogP contribution is 2.18. The average molecular weight is 286 g/mol. The quantitative estimate of drug-likeness (QED) is 0.837. The van der Waals surface area contributed by atoms with Crippen molar-refractivity contribution < 1.29 is 14.6 Å². The molecule has 0 radical (unpaired) electrons. The second kappa shape index (κ2) is 6.57. The Morgan fingerprint density at radius 2 is 2.42 bits per heavy atom. The summed E-state index contributed by atoms with van der Waals surface area (Å²) in [5, 5.41) is 13.8. The molecule has 1 aliphatic heterocycles. The van der Waals surface area contributed by atoms with Crippen LogP contribution in [0.2, 0.25) is 5.02 Å². The minimum atomic E-state index is -0.559. The molecule has 0 aliphatic carbocycles. The molecule has 0 saturated carbocycles. The molecule has 2 N–H and O–H groups in total. The number of aliphatic hydroxyl groups excluding tert-OH is 1. The molecule has 2 rings (SSSR count). The van der Waals surface area contributed by atoms with E-state index in [0.717, 1.165) is 13.0 Å². The third kappa shape index (κ3) is 4.66. The van der Waals surface area contributed by atoms with E-state index < -0.39 is 6.10 Å². The molecule has 1 fully saturated rings. The summed E-state index contributed by atoms with van der Waals surface area (Å²) in [6.45, 7) is 4.29. The Hall–Kier alpha value is -0.810. The van der Waals surface area contributed by atoms with Crippen molar-refractivity contribution in [3.63, 3.8) is 0 Å². The zero-order chi connectivity index (χ0) is 13.7. The van der Waals surface area contributed by atoms with E-state index in [0.29, 0.717) is 23.9 Å².